The molecular formula is C16H16N2O7S. The van der Waals surface area contributed by atoms with Gasteiger partial charge in [0.1, 0.15) is 12.3 Å². The molecule has 0 unspecified atom stereocenters. The molecule has 0 aliphatic rings. The van der Waals surface area contributed by atoms with Crippen molar-refractivity contribution in [2.75, 3.05) is 25.1 Å². The Hall–Kier alpha value is -3.14. The van der Waals surface area contributed by atoms with Crippen molar-refractivity contribution >= 4 is 27.4 Å². The predicted molar refractivity (Wildman–Crippen MR) is 92.6 cm³/mol. The molecule has 0 aromatic heterocycles. The Bertz CT molecular complexity index is 928. The Morgan fingerprint density at radius 2 is 1.85 bits per heavy atom. The quantitative estimate of drug-likeness (QED) is 0.409. The van der Waals surface area contributed by atoms with Gasteiger partial charge in [-0.3, -0.25) is 19.2 Å². The first-order valence-electron chi connectivity index (χ1n) is 7.28. The number of hydrogen-bond donors (Lipinski definition) is 0. The largest absolute Gasteiger partial charge is 0.495 e. The van der Waals surface area contributed by atoms with Gasteiger partial charge in [0, 0.05) is 12.1 Å². The minimum absolute atomic E-state index is 0.104. The van der Waals surface area contributed by atoms with Gasteiger partial charge in [-0.05, 0) is 18.2 Å². The lowest BCUT2D eigenvalue weighted by molar-refractivity contribution is -0.385. The monoisotopic (exact) mass is 380 g/mol. The number of rotatable bonds is 7. The van der Waals surface area contributed by atoms with Gasteiger partial charge in [0.05, 0.1) is 29.7 Å². The predicted octanol–water partition coefficient (Wildman–Crippen LogP) is 1.97. The summed E-state index contributed by atoms with van der Waals surface area (Å²) in [5.74, 6) is -0.588. The van der Waals surface area contributed by atoms with Gasteiger partial charge in [-0.1, -0.05) is 18.2 Å². The standard InChI is InChI=1S/C16H16N2O7S/c1-24-15-9-4-3-8-14(15)17(11-16(19)25-2)26(22,23)13-7-5-6-12(10-13)18(20)21/h3-10H,11H2,1-2H3. The van der Waals surface area contributed by atoms with Crippen LogP contribution in [-0.4, -0.2) is 40.1 Å². The molecule has 0 saturated heterocycles. The second kappa shape index (κ2) is 7.83. The Balaban J connectivity index is 2.62. The van der Waals surface area contributed by atoms with Crippen molar-refractivity contribution in [3.05, 3.63) is 58.6 Å². The summed E-state index contributed by atoms with van der Waals surface area (Å²) in [5, 5.41) is 10.9. The lowest BCUT2D eigenvalue weighted by Gasteiger charge is -2.24. The molecule has 9 nitrogen and oxygen atoms in total. The van der Waals surface area contributed by atoms with Gasteiger partial charge in [0.25, 0.3) is 15.7 Å². The molecule has 0 aliphatic heterocycles. The molecule has 0 aliphatic carbocycles. The number of nitrogens with zero attached hydrogens (tertiary/aromatic N) is 2. The van der Waals surface area contributed by atoms with Crippen LogP contribution in [0, 0.1) is 10.1 Å². The van der Waals surface area contributed by atoms with Crippen LogP contribution in [0.2, 0.25) is 0 Å². The van der Waals surface area contributed by atoms with E-state index in [1.807, 2.05) is 0 Å². The van der Waals surface area contributed by atoms with Crippen LogP contribution in [0.4, 0.5) is 11.4 Å². The summed E-state index contributed by atoms with van der Waals surface area (Å²) in [6.45, 7) is -0.623. The van der Waals surface area contributed by atoms with Crippen LogP contribution in [0.1, 0.15) is 0 Å². The smallest absolute Gasteiger partial charge is 0.326 e. The summed E-state index contributed by atoms with van der Waals surface area (Å²) in [5.41, 5.74) is -0.281. The number of nitro benzene ring substituents is 1. The highest BCUT2D eigenvalue weighted by molar-refractivity contribution is 7.92. The van der Waals surface area contributed by atoms with E-state index in [9.17, 15) is 23.3 Å². The summed E-state index contributed by atoms with van der Waals surface area (Å²) < 4.78 is 36.7. The van der Waals surface area contributed by atoms with E-state index in [0.29, 0.717) is 0 Å². The molecule has 2 aromatic carbocycles. The number of carbonyl (C=O) groups is 1. The van der Waals surface area contributed by atoms with Crippen molar-refractivity contribution in [2.45, 2.75) is 4.90 Å². The van der Waals surface area contributed by atoms with Crippen LogP contribution in [0.15, 0.2) is 53.4 Å². The van der Waals surface area contributed by atoms with E-state index in [4.69, 9.17) is 4.74 Å². The van der Waals surface area contributed by atoms with Crippen molar-refractivity contribution in [3.63, 3.8) is 0 Å². The van der Waals surface area contributed by atoms with Crippen LogP contribution in [0.5, 0.6) is 5.75 Å². The Labute approximate surface area is 150 Å². The van der Waals surface area contributed by atoms with Crippen LogP contribution >= 0.6 is 0 Å². The first-order valence-corrected chi connectivity index (χ1v) is 8.72. The summed E-state index contributed by atoms with van der Waals surface area (Å²) in [6.07, 6.45) is 0. The van der Waals surface area contributed by atoms with Crippen molar-refractivity contribution in [1.82, 2.24) is 0 Å². The molecule has 0 atom stereocenters. The topological polar surface area (TPSA) is 116 Å². The fourth-order valence-electron chi connectivity index (χ4n) is 2.20. The number of hydrogen-bond acceptors (Lipinski definition) is 7. The van der Waals surface area contributed by atoms with Gasteiger partial charge in [0.2, 0.25) is 0 Å². The molecule has 138 valence electrons. The van der Waals surface area contributed by atoms with Gasteiger partial charge in [-0.25, -0.2) is 8.42 Å². The van der Waals surface area contributed by atoms with E-state index in [1.54, 1.807) is 12.1 Å². The molecule has 0 bridgehead atoms. The normalized spacial score (nSPS) is 10.8. The average molecular weight is 380 g/mol. The number of sulfonamides is 1. The lowest BCUT2D eigenvalue weighted by atomic mass is 10.3. The van der Waals surface area contributed by atoms with Crippen molar-refractivity contribution < 1.29 is 27.6 Å². The number of non-ortho nitro benzene ring substituents is 1. The molecule has 0 heterocycles. The van der Waals surface area contributed by atoms with E-state index in [0.717, 1.165) is 17.5 Å². The minimum Gasteiger partial charge on any atom is -0.495 e. The molecule has 2 rings (SSSR count). The molecule has 2 aromatic rings. The number of para-hydroxylation sites is 2. The highest BCUT2D eigenvalue weighted by Crippen LogP contribution is 2.32. The Kier molecular flexibility index (Phi) is 5.78. The van der Waals surface area contributed by atoms with Gasteiger partial charge in [-0.2, -0.15) is 0 Å². The van der Waals surface area contributed by atoms with Gasteiger partial charge in [0.15, 0.2) is 0 Å². The van der Waals surface area contributed by atoms with Crippen LogP contribution < -0.4 is 9.04 Å². The maximum Gasteiger partial charge on any atom is 0.326 e. The molecule has 0 fully saturated rings. The fourth-order valence-corrected chi connectivity index (χ4v) is 3.66. The number of ether oxygens (including phenoxy) is 2. The maximum atomic E-state index is 13.1. The third-order valence-corrected chi connectivity index (χ3v) is 5.23. The first kappa shape index (κ1) is 19.2. The fraction of sp³-hybridized carbons (Fsp3) is 0.188. The number of esters is 1. The zero-order valence-electron chi connectivity index (χ0n) is 14.0. The first-order chi connectivity index (χ1) is 12.3. The summed E-state index contributed by atoms with van der Waals surface area (Å²) in [7, 11) is -1.82. The SMILES string of the molecule is COC(=O)CN(c1ccccc1OC)S(=O)(=O)c1cccc([N+](=O)[O-])c1. The minimum atomic E-state index is -4.30. The maximum absolute atomic E-state index is 13.1. The van der Waals surface area contributed by atoms with E-state index >= 15 is 0 Å². The number of methoxy groups -OCH3 is 2. The number of benzene rings is 2. The molecule has 0 saturated carbocycles. The van der Waals surface area contributed by atoms with E-state index in [1.165, 1.54) is 37.4 Å². The van der Waals surface area contributed by atoms with Crippen molar-refractivity contribution in [3.8, 4) is 5.75 Å². The number of nitro groups is 1. The zero-order chi connectivity index (χ0) is 19.3. The van der Waals surface area contributed by atoms with E-state index in [2.05, 4.69) is 4.74 Å². The second-order valence-corrected chi connectivity index (χ2v) is 6.88. The van der Waals surface area contributed by atoms with Crippen molar-refractivity contribution in [1.29, 1.82) is 0 Å². The molecule has 10 heteroatoms. The summed E-state index contributed by atoms with van der Waals surface area (Å²) in [6, 6.07) is 10.8. The molecule has 0 radical (unpaired) electrons. The van der Waals surface area contributed by atoms with Gasteiger partial charge >= 0.3 is 5.97 Å². The average Bonchev–Trinajstić information content (AvgIpc) is 2.65. The zero-order valence-corrected chi connectivity index (χ0v) is 14.8. The van der Waals surface area contributed by atoms with Crippen LogP contribution in [-0.2, 0) is 19.6 Å². The number of anilines is 1. The van der Waals surface area contributed by atoms with Gasteiger partial charge in [-0.15, -0.1) is 0 Å². The Morgan fingerprint density at radius 1 is 1.15 bits per heavy atom. The molecule has 0 amide bonds. The summed E-state index contributed by atoms with van der Waals surface area (Å²) in [4.78, 5) is 21.7. The Morgan fingerprint density at radius 3 is 2.46 bits per heavy atom. The van der Waals surface area contributed by atoms with E-state index < -0.39 is 27.5 Å². The molecule has 26 heavy (non-hydrogen) atoms. The second-order valence-electron chi connectivity index (χ2n) is 5.01. The highest BCUT2D eigenvalue weighted by atomic mass is 32.2. The highest BCUT2D eigenvalue weighted by Gasteiger charge is 2.30. The molecule has 0 spiro atoms. The van der Waals surface area contributed by atoms with Gasteiger partial charge < -0.3 is 9.47 Å². The van der Waals surface area contributed by atoms with E-state index in [-0.39, 0.29) is 22.0 Å². The molecule has 0 N–H and O–H groups in total. The lowest BCUT2D eigenvalue weighted by Crippen LogP contribution is -2.36. The molecular weight excluding hydrogens is 364 g/mol. The third-order valence-electron chi connectivity index (χ3n) is 3.47. The van der Waals surface area contributed by atoms with Crippen LogP contribution in [0.25, 0.3) is 0 Å². The van der Waals surface area contributed by atoms with Crippen LogP contribution in [0.3, 0.4) is 0 Å². The van der Waals surface area contributed by atoms with Crippen molar-refractivity contribution in [2.24, 2.45) is 0 Å². The third kappa shape index (κ3) is 3.91. The summed E-state index contributed by atoms with van der Waals surface area (Å²) >= 11 is 0. The number of carbonyl (C=O) groups excluding carboxylic acids is 1.